The molecule has 0 fully saturated rings. The van der Waals surface area contributed by atoms with E-state index >= 15 is 0 Å². The summed E-state index contributed by atoms with van der Waals surface area (Å²) in [6, 6.07) is 8.93. The summed E-state index contributed by atoms with van der Waals surface area (Å²) in [5, 5.41) is 0.383. The summed E-state index contributed by atoms with van der Waals surface area (Å²) in [4.78, 5) is 0. The molecule has 1 aromatic carbocycles. The smallest absolute Gasteiger partial charge is 0.104 e. The van der Waals surface area contributed by atoms with E-state index in [1.165, 1.54) is 18.4 Å². The fourth-order valence-corrected chi connectivity index (χ4v) is 3.88. The fourth-order valence-electron chi connectivity index (χ4n) is 2.50. The van der Waals surface area contributed by atoms with Crippen LogP contribution in [-0.2, 0) is 11.6 Å². The second-order valence-corrected chi connectivity index (χ2v) is 6.19. The van der Waals surface area contributed by atoms with Gasteiger partial charge in [-0.05, 0) is 30.4 Å². The average Bonchev–Trinajstić information content (AvgIpc) is 2.36. The lowest BCUT2D eigenvalue weighted by molar-refractivity contribution is -0.00000339. The Hall–Kier alpha value is -0.320. The Bertz CT molecular complexity index is 343. The van der Waals surface area contributed by atoms with Crippen molar-refractivity contribution in [3.8, 4) is 0 Å². The highest BCUT2D eigenvalue weighted by Gasteiger charge is 2.34. The number of halogens is 1. The van der Waals surface area contributed by atoms with Crippen molar-refractivity contribution in [2.75, 3.05) is 0 Å². The molecule has 96 valence electrons. The van der Waals surface area contributed by atoms with Crippen molar-refractivity contribution in [1.82, 2.24) is 0 Å². The van der Waals surface area contributed by atoms with E-state index < -0.39 is 0 Å². The lowest BCUT2D eigenvalue weighted by atomic mass is 9.88. The fraction of sp³-hybridized carbons (Fsp3) is 0.467. The second kappa shape index (κ2) is 7.90. The summed E-state index contributed by atoms with van der Waals surface area (Å²) in [6.45, 7) is 10.8. The molecule has 0 aliphatic heterocycles. The van der Waals surface area contributed by atoms with Gasteiger partial charge in [-0.1, -0.05) is 51.6 Å². The number of hydrogen-bond acceptors (Lipinski definition) is 0. The van der Waals surface area contributed by atoms with Gasteiger partial charge < -0.3 is 12.4 Å². The van der Waals surface area contributed by atoms with Gasteiger partial charge in [0.25, 0.3) is 0 Å². The first kappa shape index (κ1) is 16.7. The van der Waals surface area contributed by atoms with Crippen LogP contribution in [0.2, 0.25) is 0 Å². The molecular weight excluding hydrogens is 247 g/mol. The van der Waals surface area contributed by atoms with Gasteiger partial charge in [-0.15, -0.1) is 0 Å². The van der Waals surface area contributed by atoms with Crippen LogP contribution in [-0.4, -0.2) is 0 Å². The first-order chi connectivity index (χ1) is 7.74. The van der Waals surface area contributed by atoms with Gasteiger partial charge in [-0.25, -0.2) is 0 Å². The molecule has 1 aromatic rings. The Morgan fingerprint density at radius 3 is 2.24 bits per heavy atom. The minimum absolute atomic E-state index is 0. The lowest BCUT2D eigenvalue weighted by Gasteiger charge is -2.27. The molecule has 0 saturated carbocycles. The van der Waals surface area contributed by atoms with Crippen molar-refractivity contribution in [2.24, 2.45) is 0 Å². The first-order valence-corrected chi connectivity index (χ1v) is 7.53. The molecule has 1 unspecified atom stereocenters. The van der Waals surface area contributed by atoms with Gasteiger partial charge >= 0.3 is 0 Å². The molecule has 1 rings (SSSR count). The van der Waals surface area contributed by atoms with Crippen LogP contribution in [0, 0.1) is 0 Å². The van der Waals surface area contributed by atoms with Crippen molar-refractivity contribution in [3.63, 3.8) is 0 Å². The summed E-state index contributed by atoms with van der Waals surface area (Å²) in [5.41, 5.74) is 3.08. The minimum atomic E-state index is 0. The van der Waals surface area contributed by atoms with Crippen molar-refractivity contribution in [2.45, 2.75) is 45.2 Å². The molecule has 0 nitrogen and oxygen atoms in total. The van der Waals surface area contributed by atoms with Gasteiger partial charge in [-0.3, -0.25) is 0 Å². The zero-order valence-electron chi connectivity index (χ0n) is 11.2. The molecule has 0 N–H and O–H groups in total. The number of rotatable bonds is 6. The quantitative estimate of drug-likeness (QED) is 0.692. The highest BCUT2D eigenvalue weighted by molar-refractivity contribution is 7.43. The van der Waals surface area contributed by atoms with Gasteiger partial charge in [0, 0.05) is 14.4 Å². The minimum Gasteiger partial charge on any atom is -1.00 e. The molecule has 0 amide bonds. The maximum Gasteiger partial charge on any atom is 0.104 e. The Morgan fingerprint density at radius 1 is 1.18 bits per heavy atom. The van der Waals surface area contributed by atoms with E-state index in [4.69, 9.17) is 0 Å². The third-order valence-corrected chi connectivity index (χ3v) is 5.63. The molecule has 0 radical (unpaired) electrons. The summed E-state index contributed by atoms with van der Waals surface area (Å²) in [5.74, 6) is 2.15. The van der Waals surface area contributed by atoms with Crippen LogP contribution in [0.3, 0.4) is 0 Å². The van der Waals surface area contributed by atoms with Crippen LogP contribution >= 0.6 is 8.58 Å². The maximum atomic E-state index is 3.96. The Morgan fingerprint density at radius 2 is 1.76 bits per heavy atom. The topological polar surface area (TPSA) is 0 Å². The maximum absolute atomic E-state index is 3.96. The first-order valence-electron chi connectivity index (χ1n) is 6.29. The summed E-state index contributed by atoms with van der Waals surface area (Å²) in [6.07, 6.45) is 3.58. The van der Waals surface area contributed by atoms with E-state index in [-0.39, 0.29) is 12.4 Å². The van der Waals surface area contributed by atoms with Gasteiger partial charge in [0.1, 0.15) is 5.16 Å². The predicted octanol–water partition coefficient (Wildman–Crippen LogP) is 1.82. The lowest BCUT2D eigenvalue weighted by Crippen LogP contribution is -3.00. The Labute approximate surface area is 114 Å². The molecule has 2 heteroatoms. The number of benzene rings is 1. The third kappa shape index (κ3) is 3.57. The monoisotopic (exact) mass is 270 g/mol. The van der Waals surface area contributed by atoms with Gasteiger partial charge in [0.2, 0.25) is 0 Å². The standard InChI is InChI=1S/C15H23P.ClH/c1-5-13-11-9-10-12-14(13)15(6-2,7-3)16-8-4;/h8-12,16H,4-7H2,1-3H3;1H. The average molecular weight is 271 g/mol. The van der Waals surface area contributed by atoms with E-state index in [0.717, 1.165) is 6.42 Å². The van der Waals surface area contributed by atoms with Crippen LogP contribution in [0.1, 0.15) is 44.7 Å². The highest BCUT2D eigenvalue weighted by Crippen LogP contribution is 2.48. The number of aryl methyl sites for hydroxylation is 1. The van der Waals surface area contributed by atoms with Gasteiger partial charge in [0.15, 0.2) is 0 Å². The van der Waals surface area contributed by atoms with E-state index in [1.54, 1.807) is 5.56 Å². The largest absolute Gasteiger partial charge is 1.00 e. The zero-order valence-corrected chi connectivity index (χ0v) is 13.1. The molecule has 0 bridgehead atoms. The Kier molecular flexibility index (Phi) is 7.75. The summed E-state index contributed by atoms with van der Waals surface area (Å²) >= 11 is 0. The van der Waals surface area contributed by atoms with Crippen LogP contribution in [0.4, 0.5) is 0 Å². The van der Waals surface area contributed by atoms with Gasteiger partial charge in [0.05, 0.1) is 0 Å². The van der Waals surface area contributed by atoms with Crippen molar-refractivity contribution in [1.29, 1.82) is 0 Å². The second-order valence-electron chi connectivity index (χ2n) is 4.28. The summed E-state index contributed by atoms with van der Waals surface area (Å²) in [7, 11) is 0.290. The van der Waals surface area contributed by atoms with Crippen molar-refractivity contribution in [3.05, 3.63) is 47.8 Å². The van der Waals surface area contributed by atoms with Crippen LogP contribution in [0.15, 0.2) is 36.7 Å². The molecule has 0 aliphatic carbocycles. The van der Waals surface area contributed by atoms with Crippen LogP contribution in [0.25, 0.3) is 0 Å². The van der Waals surface area contributed by atoms with E-state index in [9.17, 15) is 0 Å². The summed E-state index contributed by atoms with van der Waals surface area (Å²) < 4.78 is 0. The SMILES string of the molecule is C=C[PH2+]C(CC)(CC)c1ccccc1CC.[Cl-]. The van der Waals surface area contributed by atoms with Gasteiger partial charge in [-0.2, -0.15) is 0 Å². The van der Waals surface area contributed by atoms with E-state index in [1.807, 2.05) is 0 Å². The Balaban J connectivity index is 0.00000256. The highest BCUT2D eigenvalue weighted by atomic mass is 35.5. The molecule has 0 aromatic heterocycles. The van der Waals surface area contributed by atoms with Crippen molar-refractivity contribution < 1.29 is 12.4 Å². The molecular formula is C15H24ClP. The molecule has 1 atom stereocenters. The molecule has 0 saturated heterocycles. The zero-order chi connectivity index (χ0) is 12.0. The van der Waals surface area contributed by atoms with Crippen molar-refractivity contribution >= 4 is 8.58 Å². The molecule has 0 heterocycles. The van der Waals surface area contributed by atoms with Crippen LogP contribution in [0.5, 0.6) is 0 Å². The molecule has 17 heavy (non-hydrogen) atoms. The molecule has 0 aliphatic rings. The van der Waals surface area contributed by atoms with E-state index in [2.05, 4.69) is 57.4 Å². The number of hydrogen-bond donors (Lipinski definition) is 0. The van der Waals surface area contributed by atoms with E-state index in [0.29, 0.717) is 13.7 Å². The van der Waals surface area contributed by atoms with Crippen LogP contribution < -0.4 is 12.4 Å². The molecule has 0 spiro atoms. The third-order valence-electron chi connectivity index (χ3n) is 3.63. The predicted molar refractivity (Wildman–Crippen MR) is 78.0 cm³/mol. The normalized spacial score (nSPS) is 11.5.